The number of hydrogen-bond donors (Lipinski definition) is 1. The number of allylic oxidation sites excluding steroid dienone is 14. The highest BCUT2D eigenvalue weighted by Gasteiger charge is 2.27. The molecular formula is C45H77NO8P+. The fourth-order valence-electron chi connectivity index (χ4n) is 4.89. The van der Waals surface area contributed by atoms with Crippen LogP contribution in [0, 0.1) is 0 Å². The van der Waals surface area contributed by atoms with Gasteiger partial charge in [0, 0.05) is 12.8 Å². The van der Waals surface area contributed by atoms with E-state index in [0.29, 0.717) is 23.9 Å². The molecule has 0 aromatic rings. The molecule has 0 aliphatic carbocycles. The number of ether oxygens (including phenoxy) is 2. The summed E-state index contributed by atoms with van der Waals surface area (Å²) < 4.78 is 34.2. The van der Waals surface area contributed by atoms with Gasteiger partial charge in [0.05, 0.1) is 27.7 Å². The molecule has 0 radical (unpaired) electrons. The van der Waals surface area contributed by atoms with E-state index in [4.69, 9.17) is 18.5 Å². The van der Waals surface area contributed by atoms with Gasteiger partial charge in [-0.15, -0.1) is 0 Å². The molecular weight excluding hydrogens is 713 g/mol. The average molecular weight is 791 g/mol. The number of carbonyl (C=O) groups excluding carboxylic acids is 2. The third-order valence-corrected chi connectivity index (χ3v) is 9.14. The lowest BCUT2D eigenvalue weighted by molar-refractivity contribution is -0.870. The van der Waals surface area contributed by atoms with Gasteiger partial charge in [-0.2, -0.15) is 0 Å². The maximum absolute atomic E-state index is 12.7. The Bertz CT molecular complexity index is 1210. The molecule has 55 heavy (non-hydrogen) atoms. The molecule has 0 fully saturated rings. The zero-order valence-electron chi connectivity index (χ0n) is 35.1. The number of phosphoric ester groups is 1. The van der Waals surface area contributed by atoms with Crippen LogP contribution in [-0.4, -0.2) is 74.9 Å². The molecule has 0 heterocycles. The van der Waals surface area contributed by atoms with Crippen LogP contribution in [0.3, 0.4) is 0 Å². The lowest BCUT2D eigenvalue weighted by Crippen LogP contribution is -2.37. The molecule has 0 saturated carbocycles. The molecule has 0 aromatic heterocycles. The number of likely N-dealkylation sites (N-methyl/N-ethyl adjacent to an activating group) is 1. The highest BCUT2D eigenvalue weighted by molar-refractivity contribution is 7.47. The number of rotatable bonds is 36. The molecule has 10 heteroatoms. The first-order valence-electron chi connectivity index (χ1n) is 20.8. The monoisotopic (exact) mass is 791 g/mol. The topological polar surface area (TPSA) is 108 Å². The van der Waals surface area contributed by atoms with E-state index in [1.54, 1.807) is 0 Å². The second kappa shape index (κ2) is 36.8. The molecule has 0 aromatic carbocycles. The van der Waals surface area contributed by atoms with Gasteiger partial charge in [0.1, 0.15) is 19.8 Å². The molecule has 0 amide bonds. The Morgan fingerprint density at radius 1 is 0.582 bits per heavy atom. The number of unbranched alkanes of at least 4 members (excludes halogenated alkanes) is 8. The zero-order valence-corrected chi connectivity index (χ0v) is 36.0. The summed E-state index contributed by atoms with van der Waals surface area (Å²) in [5, 5.41) is 0. The van der Waals surface area contributed by atoms with Gasteiger partial charge < -0.3 is 18.9 Å². The summed E-state index contributed by atoms with van der Waals surface area (Å²) in [7, 11) is 1.42. The van der Waals surface area contributed by atoms with Gasteiger partial charge >= 0.3 is 19.8 Å². The maximum Gasteiger partial charge on any atom is 0.472 e. The van der Waals surface area contributed by atoms with Crippen molar-refractivity contribution < 1.29 is 42.1 Å². The predicted octanol–water partition coefficient (Wildman–Crippen LogP) is 11.6. The first-order valence-corrected chi connectivity index (χ1v) is 22.3. The van der Waals surface area contributed by atoms with E-state index in [9.17, 15) is 19.0 Å². The molecule has 314 valence electrons. The number of nitrogens with zero attached hydrogens (tertiary/aromatic N) is 1. The summed E-state index contributed by atoms with van der Waals surface area (Å²) in [5.74, 6) is -0.894. The summed E-state index contributed by atoms with van der Waals surface area (Å²) in [6, 6.07) is 0. The number of carbonyl (C=O) groups is 2. The molecule has 0 aliphatic heterocycles. The van der Waals surface area contributed by atoms with E-state index >= 15 is 0 Å². The smallest absolute Gasteiger partial charge is 0.462 e. The largest absolute Gasteiger partial charge is 0.472 e. The highest BCUT2D eigenvalue weighted by Crippen LogP contribution is 2.43. The third-order valence-electron chi connectivity index (χ3n) is 8.16. The van der Waals surface area contributed by atoms with Crippen molar-refractivity contribution in [2.75, 3.05) is 47.5 Å². The van der Waals surface area contributed by atoms with Crippen LogP contribution in [0.4, 0.5) is 0 Å². The minimum Gasteiger partial charge on any atom is -0.462 e. The Morgan fingerprint density at radius 2 is 1.05 bits per heavy atom. The van der Waals surface area contributed by atoms with Crippen molar-refractivity contribution in [3.8, 4) is 0 Å². The molecule has 0 saturated heterocycles. The minimum absolute atomic E-state index is 0.0152. The zero-order chi connectivity index (χ0) is 40.7. The van der Waals surface area contributed by atoms with Crippen LogP contribution in [0.2, 0.25) is 0 Å². The number of hydrogen-bond acceptors (Lipinski definition) is 7. The van der Waals surface area contributed by atoms with E-state index < -0.39 is 32.5 Å². The van der Waals surface area contributed by atoms with Crippen molar-refractivity contribution in [3.05, 3.63) is 85.1 Å². The SMILES string of the molecule is CC/C=C\C/C=C\C/C=C\C/C=C\C/C=C\CCCC(=O)OC[C@H](COP(=O)(O)OCC[N+](C)(C)C)OC(=O)CCCCCCC/C=C\C/C=C\CCCC. The summed E-state index contributed by atoms with van der Waals surface area (Å²) in [5.41, 5.74) is 0. The van der Waals surface area contributed by atoms with Gasteiger partial charge in [0.15, 0.2) is 6.10 Å². The van der Waals surface area contributed by atoms with Crippen molar-refractivity contribution in [3.63, 3.8) is 0 Å². The number of quaternary nitrogens is 1. The molecule has 0 aliphatic rings. The van der Waals surface area contributed by atoms with Gasteiger partial charge in [-0.1, -0.05) is 131 Å². The van der Waals surface area contributed by atoms with Gasteiger partial charge in [-0.3, -0.25) is 18.6 Å². The van der Waals surface area contributed by atoms with Crippen molar-refractivity contribution in [1.29, 1.82) is 0 Å². The Balaban J connectivity index is 4.53. The standard InChI is InChI=1S/C45H76NO8P/c1-6-8-10-12-14-16-18-20-22-23-24-26-27-29-31-33-35-37-44(47)51-41-43(42-53-55(49,50)52-40-39-46(3,4)5)54-45(48)38-36-34-32-30-28-25-21-19-17-15-13-11-9-7-2/h8,10,13-16,19-22,24,26,29,31,43H,6-7,9,11-12,17-18,23,25,27-28,30,32-42H2,1-5H3/p+1/b10-8-,15-13-,16-14-,21-19-,22-20-,26-24-,31-29-/t43-/m1/s1. The molecule has 9 nitrogen and oxygen atoms in total. The van der Waals surface area contributed by atoms with E-state index in [0.717, 1.165) is 83.5 Å². The molecule has 0 rings (SSSR count). The first-order chi connectivity index (χ1) is 26.5. The van der Waals surface area contributed by atoms with Crippen LogP contribution < -0.4 is 0 Å². The van der Waals surface area contributed by atoms with Crippen LogP contribution in [0.15, 0.2) is 85.1 Å². The van der Waals surface area contributed by atoms with Gasteiger partial charge in [0.25, 0.3) is 0 Å². The summed E-state index contributed by atoms with van der Waals surface area (Å²) in [6.07, 6.45) is 46.4. The second-order valence-electron chi connectivity index (χ2n) is 14.6. The maximum atomic E-state index is 12.7. The lowest BCUT2D eigenvalue weighted by atomic mass is 10.1. The van der Waals surface area contributed by atoms with Gasteiger partial charge in [0.2, 0.25) is 0 Å². The van der Waals surface area contributed by atoms with E-state index in [1.165, 1.54) is 12.8 Å². The Kier molecular flexibility index (Phi) is 34.9. The summed E-state index contributed by atoms with van der Waals surface area (Å²) in [4.78, 5) is 35.3. The Hall–Kier alpha value is -2.81. The Labute approximate surface area is 335 Å². The van der Waals surface area contributed by atoms with E-state index in [2.05, 4.69) is 92.8 Å². The molecule has 1 unspecified atom stereocenters. The summed E-state index contributed by atoms with van der Waals surface area (Å²) >= 11 is 0. The van der Waals surface area contributed by atoms with E-state index in [1.807, 2.05) is 27.2 Å². The minimum atomic E-state index is -4.39. The van der Waals surface area contributed by atoms with Crippen LogP contribution in [0.1, 0.15) is 136 Å². The number of phosphoric acid groups is 1. The highest BCUT2D eigenvalue weighted by atomic mass is 31.2. The molecule has 0 spiro atoms. The fraction of sp³-hybridized carbons (Fsp3) is 0.644. The van der Waals surface area contributed by atoms with Gasteiger partial charge in [-0.05, 0) is 77.0 Å². The average Bonchev–Trinajstić information content (AvgIpc) is 3.13. The first kappa shape index (κ1) is 52.2. The van der Waals surface area contributed by atoms with Crippen molar-refractivity contribution in [2.45, 2.75) is 142 Å². The van der Waals surface area contributed by atoms with Crippen LogP contribution in [0.5, 0.6) is 0 Å². The van der Waals surface area contributed by atoms with Gasteiger partial charge in [-0.25, -0.2) is 4.57 Å². The van der Waals surface area contributed by atoms with Crippen molar-refractivity contribution >= 4 is 19.8 Å². The Morgan fingerprint density at radius 3 is 1.60 bits per heavy atom. The summed E-state index contributed by atoms with van der Waals surface area (Å²) in [6.45, 7) is 4.15. The van der Waals surface area contributed by atoms with Crippen LogP contribution in [0.25, 0.3) is 0 Å². The number of esters is 2. The molecule has 0 bridgehead atoms. The normalized spacial score (nSPS) is 14.5. The molecule has 1 N–H and O–H groups in total. The fourth-order valence-corrected chi connectivity index (χ4v) is 5.63. The second-order valence-corrected chi connectivity index (χ2v) is 16.1. The predicted molar refractivity (Wildman–Crippen MR) is 229 cm³/mol. The van der Waals surface area contributed by atoms with E-state index in [-0.39, 0.29) is 26.1 Å². The van der Waals surface area contributed by atoms with Crippen LogP contribution >= 0.6 is 7.82 Å². The van der Waals surface area contributed by atoms with Crippen molar-refractivity contribution in [2.24, 2.45) is 0 Å². The quantitative estimate of drug-likeness (QED) is 0.0220. The lowest BCUT2D eigenvalue weighted by Gasteiger charge is -2.24. The van der Waals surface area contributed by atoms with Crippen molar-refractivity contribution in [1.82, 2.24) is 0 Å². The van der Waals surface area contributed by atoms with Crippen LogP contribution in [-0.2, 0) is 32.7 Å². The molecule has 2 atom stereocenters. The third kappa shape index (κ3) is 40.7.